The molecule has 1 aliphatic rings. The standard InChI is InChI=1S/C22H31N5O/c1-4-18-6-8-19(9-7-18)21(17(2)3)25-16-20(28)26-12-14-27(15-13-26)22-23-10-5-11-24-22/h5-11,17,21,25H,4,12-16H2,1-3H3/t21-/m0/s1. The molecular weight excluding hydrogens is 350 g/mol. The van der Waals surface area contributed by atoms with Gasteiger partial charge in [0.05, 0.1) is 6.54 Å². The largest absolute Gasteiger partial charge is 0.338 e. The van der Waals surface area contributed by atoms with Gasteiger partial charge in [-0.25, -0.2) is 9.97 Å². The minimum atomic E-state index is 0.157. The first-order chi connectivity index (χ1) is 13.6. The topological polar surface area (TPSA) is 61.4 Å². The number of anilines is 1. The van der Waals surface area contributed by atoms with Crippen LogP contribution >= 0.6 is 0 Å². The second kappa shape index (κ2) is 9.64. The molecule has 0 aliphatic carbocycles. The molecule has 0 spiro atoms. The van der Waals surface area contributed by atoms with Crippen molar-refractivity contribution in [3.8, 4) is 0 Å². The van der Waals surface area contributed by atoms with E-state index >= 15 is 0 Å². The summed E-state index contributed by atoms with van der Waals surface area (Å²) in [6, 6.07) is 10.7. The summed E-state index contributed by atoms with van der Waals surface area (Å²) < 4.78 is 0. The van der Waals surface area contributed by atoms with Crippen LogP contribution in [0.1, 0.15) is 37.9 Å². The van der Waals surface area contributed by atoms with Crippen LogP contribution in [-0.2, 0) is 11.2 Å². The van der Waals surface area contributed by atoms with E-state index in [4.69, 9.17) is 0 Å². The van der Waals surface area contributed by atoms with Gasteiger partial charge in [-0.15, -0.1) is 0 Å². The number of nitrogens with zero attached hydrogens (tertiary/aromatic N) is 4. The zero-order valence-corrected chi connectivity index (χ0v) is 17.1. The lowest BCUT2D eigenvalue weighted by atomic mass is 9.95. The summed E-state index contributed by atoms with van der Waals surface area (Å²) in [4.78, 5) is 25.4. The van der Waals surface area contributed by atoms with E-state index in [0.717, 1.165) is 25.5 Å². The number of carbonyl (C=O) groups excluding carboxylic acids is 1. The lowest BCUT2D eigenvalue weighted by Crippen LogP contribution is -2.51. The van der Waals surface area contributed by atoms with Gasteiger partial charge in [0.15, 0.2) is 0 Å². The molecule has 1 N–H and O–H groups in total. The van der Waals surface area contributed by atoms with Crippen LogP contribution in [0.15, 0.2) is 42.7 Å². The van der Waals surface area contributed by atoms with Crippen LogP contribution in [0, 0.1) is 5.92 Å². The van der Waals surface area contributed by atoms with Gasteiger partial charge >= 0.3 is 0 Å². The zero-order valence-electron chi connectivity index (χ0n) is 17.1. The van der Waals surface area contributed by atoms with Gasteiger partial charge in [0.25, 0.3) is 0 Å². The van der Waals surface area contributed by atoms with E-state index in [2.05, 4.69) is 65.2 Å². The number of amides is 1. The molecule has 3 rings (SSSR count). The molecule has 6 nitrogen and oxygen atoms in total. The molecule has 1 aromatic heterocycles. The molecule has 0 radical (unpaired) electrons. The van der Waals surface area contributed by atoms with Crippen molar-refractivity contribution >= 4 is 11.9 Å². The molecule has 2 aromatic rings. The average Bonchev–Trinajstić information content (AvgIpc) is 2.74. The molecule has 1 amide bonds. The van der Waals surface area contributed by atoms with E-state index in [-0.39, 0.29) is 11.9 Å². The van der Waals surface area contributed by atoms with Gasteiger partial charge in [0.2, 0.25) is 11.9 Å². The van der Waals surface area contributed by atoms with Crippen LogP contribution in [0.5, 0.6) is 0 Å². The maximum absolute atomic E-state index is 12.7. The molecule has 1 fully saturated rings. The molecule has 1 saturated heterocycles. The Morgan fingerprint density at radius 2 is 1.71 bits per heavy atom. The van der Waals surface area contributed by atoms with E-state index in [1.165, 1.54) is 11.1 Å². The van der Waals surface area contributed by atoms with Crippen molar-refractivity contribution in [1.82, 2.24) is 20.2 Å². The number of hydrogen-bond donors (Lipinski definition) is 1. The van der Waals surface area contributed by atoms with E-state index < -0.39 is 0 Å². The number of benzene rings is 1. The number of aromatic nitrogens is 2. The molecule has 28 heavy (non-hydrogen) atoms. The van der Waals surface area contributed by atoms with E-state index in [1.54, 1.807) is 12.4 Å². The molecule has 0 bridgehead atoms. The lowest BCUT2D eigenvalue weighted by molar-refractivity contribution is -0.130. The molecule has 2 heterocycles. The summed E-state index contributed by atoms with van der Waals surface area (Å²) in [6.45, 7) is 9.84. The van der Waals surface area contributed by atoms with Crippen molar-refractivity contribution in [2.45, 2.75) is 33.2 Å². The Bertz CT molecular complexity index is 739. The van der Waals surface area contributed by atoms with Crippen molar-refractivity contribution in [2.75, 3.05) is 37.6 Å². The second-order valence-corrected chi connectivity index (χ2v) is 7.61. The Balaban J connectivity index is 1.52. The summed E-state index contributed by atoms with van der Waals surface area (Å²) in [5.74, 6) is 1.31. The monoisotopic (exact) mass is 381 g/mol. The van der Waals surface area contributed by atoms with Gasteiger partial charge in [0, 0.05) is 44.6 Å². The fraction of sp³-hybridized carbons (Fsp3) is 0.500. The van der Waals surface area contributed by atoms with E-state index in [9.17, 15) is 4.79 Å². The number of carbonyl (C=O) groups is 1. The lowest BCUT2D eigenvalue weighted by Gasteiger charge is -2.35. The number of nitrogens with one attached hydrogen (secondary N) is 1. The molecular formula is C22H31N5O. The van der Waals surface area contributed by atoms with Gasteiger partial charge in [0.1, 0.15) is 0 Å². The maximum Gasteiger partial charge on any atom is 0.236 e. The first-order valence-electron chi connectivity index (χ1n) is 10.2. The molecule has 0 saturated carbocycles. The van der Waals surface area contributed by atoms with Crippen molar-refractivity contribution in [3.05, 3.63) is 53.9 Å². The molecule has 1 aromatic carbocycles. The Labute approximate surface area is 168 Å². The average molecular weight is 382 g/mol. The van der Waals surface area contributed by atoms with Gasteiger partial charge in [-0.3, -0.25) is 4.79 Å². The molecule has 6 heteroatoms. The quantitative estimate of drug-likeness (QED) is 0.799. The third kappa shape index (κ3) is 5.07. The molecule has 1 atom stereocenters. The summed E-state index contributed by atoms with van der Waals surface area (Å²) >= 11 is 0. The van der Waals surface area contributed by atoms with Crippen LogP contribution in [0.25, 0.3) is 0 Å². The summed E-state index contributed by atoms with van der Waals surface area (Å²) in [7, 11) is 0. The third-order valence-corrected chi connectivity index (χ3v) is 5.35. The highest BCUT2D eigenvalue weighted by Crippen LogP contribution is 2.22. The van der Waals surface area contributed by atoms with Gasteiger partial charge < -0.3 is 15.1 Å². The minimum Gasteiger partial charge on any atom is -0.338 e. The van der Waals surface area contributed by atoms with Crippen molar-refractivity contribution < 1.29 is 4.79 Å². The number of aryl methyl sites for hydroxylation is 1. The Kier molecular flexibility index (Phi) is 6.98. The van der Waals surface area contributed by atoms with Crippen LogP contribution in [0.4, 0.5) is 5.95 Å². The minimum absolute atomic E-state index is 0.157. The Morgan fingerprint density at radius 3 is 2.29 bits per heavy atom. The molecule has 0 unspecified atom stereocenters. The second-order valence-electron chi connectivity index (χ2n) is 7.61. The Morgan fingerprint density at radius 1 is 1.07 bits per heavy atom. The van der Waals surface area contributed by atoms with Crippen LogP contribution in [-0.4, -0.2) is 53.5 Å². The SMILES string of the molecule is CCc1ccc([C@@H](NCC(=O)N2CCN(c3ncccn3)CC2)C(C)C)cc1. The summed E-state index contributed by atoms with van der Waals surface area (Å²) in [6.07, 6.45) is 4.55. The van der Waals surface area contributed by atoms with Crippen molar-refractivity contribution in [1.29, 1.82) is 0 Å². The highest BCUT2D eigenvalue weighted by Gasteiger charge is 2.23. The maximum atomic E-state index is 12.7. The first kappa shape index (κ1) is 20.3. The smallest absolute Gasteiger partial charge is 0.236 e. The first-order valence-corrected chi connectivity index (χ1v) is 10.2. The van der Waals surface area contributed by atoms with E-state index in [1.807, 2.05) is 11.0 Å². The third-order valence-electron chi connectivity index (χ3n) is 5.35. The highest BCUT2D eigenvalue weighted by atomic mass is 16.2. The molecule has 1 aliphatic heterocycles. The van der Waals surface area contributed by atoms with Gasteiger partial charge in [-0.05, 0) is 29.5 Å². The van der Waals surface area contributed by atoms with Gasteiger partial charge in [-0.2, -0.15) is 0 Å². The summed E-state index contributed by atoms with van der Waals surface area (Å²) in [5, 5.41) is 3.48. The predicted molar refractivity (Wildman–Crippen MR) is 112 cm³/mol. The van der Waals surface area contributed by atoms with E-state index in [0.29, 0.717) is 25.6 Å². The fourth-order valence-electron chi connectivity index (χ4n) is 3.62. The van der Waals surface area contributed by atoms with Crippen LogP contribution in [0.2, 0.25) is 0 Å². The van der Waals surface area contributed by atoms with Crippen LogP contribution < -0.4 is 10.2 Å². The summed E-state index contributed by atoms with van der Waals surface area (Å²) in [5.41, 5.74) is 2.58. The highest BCUT2D eigenvalue weighted by molar-refractivity contribution is 5.78. The van der Waals surface area contributed by atoms with Gasteiger partial charge in [-0.1, -0.05) is 45.0 Å². The number of rotatable bonds is 7. The molecule has 150 valence electrons. The predicted octanol–water partition coefficient (Wildman–Crippen LogP) is 2.67. The number of piperazine rings is 1. The normalized spacial score (nSPS) is 15.7. The van der Waals surface area contributed by atoms with Crippen molar-refractivity contribution in [2.24, 2.45) is 5.92 Å². The fourth-order valence-corrected chi connectivity index (χ4v) is 3.62. The van der Waals surface area contributed by atoms with Crippen molar-refractivity contribution in [3.63, 3.8) is 0 Å². The van der Waals surface area contributed by atoms with Crippen LogP contribution in [0.3, 0.4) is 0 Å². The zero-order chi connectivity index (χ0) is 19.9. The Hall–Kier alpha value is -2.47. The number of hydrogen-bond acceptors (Lipinski definition) is 5.